The number of rotatable bonds is 3. The van der Waals surface area contributed by atoms with Crippen LogP contribution in [0.4, 0.5) is 4.39 Å². The number of fused-ring (bicyclic) bond motifs is 1. The van der Waals surface area contributed by atoms with Gasteiger partial charge in [-0.3, -0.25) is 0 Å². The molecule has 0 aliphatic heterocycles. The zero-order valence-corrected chi connectivity index (χ0v) is 12.4. The lowest BCUT2D eigenvalue weighted by molar-refractivity contribution is 0.0221. The molecule has 1 unspecified atom stereocenters. The van der Waals surface area contributed by atoms with Crippen LogP contribution in [0.25, 0.3) is 0 Å². The first-order chi connectivity index (χ1) is 10.1. The molecular weight excluding hydrogens is 263 g/mol. The largest absolute Gasteiger partial charge is 0.385 e. The van der Waals surface area contributed by atoms with Gasteiger partial charge in [0.15, 0.2) is 0 Å². The SMILES string of the molecule is CCCc1ccc(C2(O)CCc3ccc(F)cc3C2)cc1. The van der Waals surface area contributed by atoms with E-state index in [9.17, 15) is 9.50 Å². The van der Waals surface area contributed by atoms with Gasteiger partial charge in [0.25, 0.3) is 0 Å². The molecule has 2 heteroatoms. The van der Waals surface area contributed by atoms with Crippen LogP contribution in [0.3, 0.4) is 0 Å². The summed E-state index contributed by atoms with van der Waals surface area (Å²) in [5.74, 6) is -0.226. The fourth-order valence-corrected chi connectivity index (χ4v) is 3.26. The second-order valence-corrected chi connectivity index (χ2v) is 6.07. The van der Waals surface area contributed by atoms with Gasteiger partial charge in [-0.1, -0.05) is 43.7 Å². The molecule has 0 radical (unpaired) electrons. The summed E-state index contributed by atoms with van der Waals surface area (Å²) in [4.78, 5) is 0. The van der Waals surface area contributed by atoms with Gasteiger partial charge in [-0.05, 0) is 53.6 Å². The maximum absolute atomic E-state index is 13.4. The molecule has 1 aliphatic rings. The normalized spacial score (nSPS) is 21.1. The minimum Gasteiger partial charge on any atom is -0.385 e. The summed E-state index contributed by atoms with van der Waals surface area (Å²) in [6.07, 6.45) is 4.16. The van der Waals surface area contributed by atoms with Crippen LogP contribution in [0.15, 0.2) is 42.5 Å². The quantitative estimate of drug-likeness (QED) is 0.897. The van der Waals surface area contributed by atoms with E-state index in [1.165, 1.54) is 11.6 Å². The topological polar surface area (TPSA) is 20.2 Å². The summed E-state index contributed by atoms with van der Waals surface area (Å²) in [6, 6.07) is 13.1. The summed E-state index contributed by atoms with van der Waals surface area (Å²) in [5.41, 5.74) is 3.46. The van der Waals surface area contributed by atoms with E-state index in [0.717, 1.165) is 36.0 Å². The Balaban J connectivity index is 1.88. The third kappa shape index (κ3) is 2.86. The van der Waals surface area contributed by atoms with Crippen molar-refractivity contribution in [1.29, 1.82) is 0 Å². The molecule has 0 saturated carbocycles. The third-order valence-corrected chi connectivity index (χ3v) is 4.49. The molecule has 2 aromatic rings. The lowest BCUT2D eigenvalue weighted by Gasteiger charge is -2.34. The van der Waals surface area contributed by atoms with Gasteiger partial charge < -0.3 is 5.11 Å². The van der Waals surface area contributed by atoms with E-state index in [4.69, 9.17) is 0 Å². The second-order valence-electron chi connectivity index (χ2n) is 6.07. The first kappa shape index (κ1) is 14.3. The lowest BCUT2D eigenvalue weighted by atomic mass is 9.76. The van der Waals surface area contributed by atoms with Gasteiger partial charge >= 0.3 is 0 Å². The van der Waals surface area contributed by atoms with Crippen molar-refractivity contribution in [1.82, 2.24) is 0 Å². The summed E-state index contributed by atoms with van der Waals surface area (Å²) in [5, 5.41) is 11.0. The smallest absolute Gasteiger partial charge is 0.123 e. The van der Waals surface area contributed by atoms with E-state index in [-0.39, 0.29) is 5.82 Å². The van der Waals surface area contributed by atoms with Crippen LogP contribution in [0, 0.1) is 5.82 Å². The van der Waals surface area contributed by atoms with Crippen LogP contribution >= 0.6 is 0 Å². The van der Waals surface area contributed by atoms with Crippen molar-refractivity contribution >= 4 is 0 Å². The summed E-state index contributed by atoms with van der Waals surface area (Å²) in [7, 11) is 0. The molecule has 0 spiro atoms. The van der Waals surface area contributed by atoms with Crippen molar-refractivity contribution < 1.29 is 9.50 Å². The van der Waals surface area contributed by atoms with Crippen molar-refractivity contribution in [3.05, 3.63) is 70.5 Å². The molecule has 0 aromatic heterocycles. The maximum atomic E-state index is 13.4. The fourth-order valence-electron chi connectivity index (χ4n) is 3.26. The standard InChI is InChI=1S/C19H21FO/c1-2-3-14-4-7-17(8-5-14)19(21)11-10-15-6-9-18(20)12-16(15)13-19/h4-9,12,21H,2-3,10-11,13H2,1H3. The predicted octanol–water partition coefficient (Wildman–Crippen LogP) is 4.15. The number of aliphatic hydroxyl groups is 1. The highest BCUT2D eigenvalue weighted by molar-refractivity contribution is 5.37. The molecule has 2 aromatic carbocycles. The molecule has 1 atom stereocenters. The molecule has 3 rings (SSSR count). The molecule has 21 heavy (non-hydrogen) atoms. The Morgan fingerprint density at radius 3 is 2.57 bits per heavy atom. The molecule has 0 heterocycles. The Morgan fingerprint density at radius 2 is 1.86 bits per heavy atom. The predicted molar refractivity (Wildman–Crippen MR) is 82.8 cm³/mol. The molecule has 1 aliphatic carbocycles. The monoisotopic (exact) mass is 284 g/mol. The van der Waals surface area contributed by atoms with Crippen molar-refractivity contribution in [3.63, 3.8) is 0 Å². The third-order valence-electron chi connectivity index (χ3n) is 4.49. The van der Waals surface area contributed by atoms with Crippen LogP contribution in [-0.4, -0.2) is 5.11 Å². The molecule has 110 valence electrons. The van der Waals surface area contributed by atoms with Crippen LogP contribution in [0.1, 0.15) is 42.0 Å². The van der Waals surface area contributed by atoms with E-state index in [1.807, 2.05) is 18.2 Å². The molecular formula is C19H21FO. The van der Waals surface area contributed by atoms with Crippen LogP contribution in [0.2, 0.25) is 0 Å². The second kappa shape index (κ2) is 5.61. The Hall–Kier alpha value is -1.67. The van der Waals surface area contributed by atoms with Gasteiger partial charge in [0, 0.05) is 6.42 Å². The van der Waals surface area contributed by atoms with E-state index in [2.05, 4.69) is 19.1 Å². The molecule has 0 bridgehead atoms. The maximum Gasteiger partial charge on any atom is 0.123 e. The van der Waals surface area contributed by atoms with Gasteiger partial charge in [-0.15, -0.1) is 0 Å². The number of hydrogen-bond donors (Lipinski definition) is 1. The molecule has 0 amide bonds. The minimum atomic E-state index is -0.870. The number of aryl methyl sites for hydroxylation is 2. The number of benzene rings is 2. The summed E-state index contributed by atoms with van der Waals surface area (Å²) in [6.45, 7) is 2.16. The molecule has 1 nitrogen and oxygen atoms in total. The number of hydrogen-bond acceptors (Lipinski definition) is 1. The van der Waals surface area contributed by atoms with Gasteiger partial charge in [0.2, 0.25) is 0 Å². The summed E-state index contributed by atoms with van der Waals surface area (Å²) >= 11 is 0. The first-order valence-corrected chi connectivity index (χ1v) is 7.70. The van der Waals surface area contributed by atoms with Crippen molar-refractivity contribution in [2.24, 2.45) is 0 Å². The lowest BCUT2D eigenvalue weighted by Crippen LogP contribution is -2.33. The Bertz CT molecular complexity index is 633. The fraction of sp³-hybridized carbons (Fsp3) is 0.368. The van der Waals surface area contributed by atoms with E-state index in [0.29, 0.717) is 12.8 Å². The van der Waals surface area contributed by atoms with E-state index >= 15 is 0 Å². The van der Waals surface area contributed by atoms with Crippen molar-refractivity contribution in [2.45, 2.75) is 44.6 Å². The molecule has 0 saturated heterocycles. The highest BCUT2D eigenvalue weighted by atomic mass is 19.1. The molecule has 0 fully saturated rings. The highest BCUT2D eigenvalue weighted by Crippen LogP contribution is 2.36. The highest BCUT2D eigenvalue weighted by Gasteiger charge is 2.33. The molecule has 1 N–H and O–H groups in total. The van der Waals surface area contributed by atoms with Crippen LogP contribution in [-0.2, 0) is 24.9 Å². The zero-order chi connectivity index (χ0) is 14.9. The van der Waals surface area contributed by atoms with Gasteiger partial charge in [0.05, 0.1) is 5.60 Å². The minimum absolute atomic E-state index is 0.226. The van der Waals surface area contributed by atoms with Gasteiger partial charge in [0.1, 0.15) is 5.82 Å². The average Bonchev–Trinajstić information content (AvgIpc) is 2.48. The zero-order valence-electron chi connectivity index (χ0n) is 12.4. The van der Waals surface area contributed by atoms with Crippen LogP contribution in [0.5, 0.6) is 0 Å². The number of halogens is 1. The van der Waals surface area contributed by atoms with E-state index in [1.54, 1.807) is 6.07 Å². The van der Waals surface area contributed by atoms with Crippen molar-refractivity contribution in [2.75, 3.05) is 0 Å². The Morgan fingerprint density at radius 1 is 1.10 bits per heavy atom. The van der Waals surface area contributed by atoms with Crippen LogP contribution < -0.4 is 0 Å². The van der Waals surface area contributed by atoms with Gasteiger partial charge in [-0.2, -0.15) is 0 Å². The Labute approximate surface area is 125 Å². The van der Waals surface area contributed by atoms with Gasteiger partial charge in [-0.25, -0.2) is 4.39 Å². The summed E-state index contributed by atoms with van der Waals surface area (Å²) < 4.78 is 13.4. The first-order valence-electron chi connectivity index (χ1n) is 7.70. The Kier molecular flexibility index (Phi) is 3.81. The van der Waals surface area contributed by atoms with E-state index < -0.39 is 5.60 Å². The van der Waals surface area contributed by atoms with Crippen molar-refractivity contribution in [3.8, 4) is 0 Å². The average molecular weight is 284 g/mol.